The molecule has 0 radical (unpaired) electrons. The van der Waals surface area contributed by atoms with Gasteiger partial charge in [0.05, 0.1) is 17.9 Å². The van der Waals surface area contributed by atoms with E-state index in [1.165, 1.54) is 16.8 Å². The third-order valence-corrected chi connectivity index (χ3v) is 2.89. The number of hydrogen-bond donors (Lipinski definition) is 1. The van der Waals surface area contributed by atoms with Gasteiger partial charge in [-0.2, -0.15) is 5.10 Å². The third-order valence-electron chi connectivity index (χ3n) is 2.89. The predicted molar refractivity (Wildman–Crippen MR) is 74.0 cm³/mol. The molecule has 0 unspecified atom stereocenters. The van der Waals surface area contributed by atoms with Crippen LogP contribution >= 0.6 is 0 Å². The summed E-state index contributed by atoms with van der Waals surface area (Å²) in [6.45, 7) is 0.315. The van der Waals surface area contributed by atoms with Crippen LogP contribution in [0.2, 0.25) is 0 Å². The first-order valence-corrected chi connectivity index (χ1v) is 6.12. The van der Waals surface area contributed by atoms with Crippen LogP contribution in [0.5, 0.6) is 0 Å². The minimum atomic E-state index is -0.438. The van der Waals surface area contributed by atoms with E-state index >= 15 is 0 Å². The molecule has 2 aromatic heterocycles. The molecule has 0 spiro atoms. The van der Waals surface area contributed by atoms with E-state index in [9.17, 15) is 9.59 Å². The van der Waals surface area contributed by atoms with Gasteiger partial charge in [0.1, 0.15) is 0 Å². The number of para-hydroxylation sites is 1. The molecule has 6 nitrogen and oxygen atoms in total. The maximum atomic E-state index is 11.6. The van der Waals surface area contributed by atoms with Gasteiger partial charge in [-0.15, -0.1) is 0 Å². The number of H-pyrrole nitrogens is 1. The summed E-state index contributed by atoms with van der Waals surface area (Å²) >= 11 is 0. The number of aromatic nitrogens is 4. The van der Waals surface area contributed by atoms with Crippen LogP contribution in [0.3, 0.4) is 0 Å². The lowest BCUT2D eigenvalue weighted by Crippen LogP contribution is -2.29. The maximum absolute atomic E-state index is 11.6. The fraction of sp³-hybridized carbons (Fsp3) is 0.0714. The molecule has 0 aliphatic carbocycles. The van der Waals surface area contributed by atoms with Crippen molar-refractivity contribution in [1.82, 2.24) is 19.3 Å². The normalized spacial score (nSPS) is 10.6. The topological polar surface area (TPSA) is 72.7 Å². The Labute approximate surface area is 113 Å². The van der Waals surface area contributed by atoms with Crippen LogP contribution in [0.4, 0.5) is 0 Å². The average molecular weight is 268 g/mol. The minimum Gasteiger partial charge on any atom is -0.295 e. The van der Waals surface area contributed by atoms with Gasteiger partial charge >= 0.3 is 5.69 Å². The van der Waals surface area contributed by atoms with E-state index in [2.05, 4.69) is 10.1 Å². The molecule has 2 heterocycles. The van der Waals surface area contributed by atoms with Gasteiger partial charge in [0.2, 0.25) is 0 Å². The van der Waals surface area contributed by atoms with Crippen LogP contribution in [0.15, 0.2) is 64.4 Å². The van der Waals surface area contributed by atoms with Crippen LogP contribution in [0.25, 0.3) is 5.69 Å². The summed E-state index contributed by atoms with van der Waals surface area (Å²) in [6, 6.07) is 12.9. The first-order valence-electron chi connectivity index (χ1n) is 6.12. The van der Waals surface area contributed by atoms with Crippen LogP contribution in [-0.2, 0) is 6.54 Å². The van der Waals surface area contributed by atoms with Crippen LogP contribution in [0, 0.1) is 0 Å². The Morgan fingerprint density at radius 1 is 1.00 bits per heavy atom. The largest absolute Gasteiger partial charge is 0.328 e. The standard InChI is InChI=1S/C14H12N4O2/c19-13-7-8-17(14(20)15-13)10-11-6-9-18(16-11)12-4-2-1-3-5-12/h1-9H,10H2,(H,15,19,20). The van der Waals surface area contributed by atoms with Crippen molar-refractivity contribution in [1.29, 1.82) is 0 Å². The Bertz CT molecular complexity index is 830. The van der Waals surface area contributed by atoms with Crippen molar-refractivity contribution in [3.05, 3.63) is 81.4 Å². The van der Waals surface area contributed by atoms with Gasteiger partial charge in [0.25, 0.3) is 5.56 Å². The first-order chi connectivity index (χ1) is 9.72. The van der Waals surface area contributed by atoms with Gasteiger partial charge in [-0.3, -0.25) is 14.3 Å². The van der Waals surface area contributed by atoms with E-state index in [1.54, 1.807) is 4.68 Å². The summed E-state index contributed by atoms with van der Waals surface area (Å²) in [6.07, 6.45) is 3.30. The van der Waals surface area contributed by atoms with Crippen LogP contribution in [-0.4, -0.2) is 19.3 Å². The summed E-state index contributed by atoms with van der Waals surface area (Å²) in [4.78, 5) is 24.8. The quantitative estimate of drug-likeness (QED) is 0.762. The molecule has 0 saturated heterocycles. The summed E-state index contributed by atoms with van der Waals surface area (Å²) in [5, 5.41) is 4.40. The number of rotatable bonds is 3. The molecule has 0 fully saturated rings. The number of hydrogen-bond acceptors (Lipinski definition) is 3. The summed E-state index contributed by atoms with van der Waals surface area (Å²) < 4.78 is 3.14. The molecule has 20 heavy (non-hydrogen) atoms. The van der Waals surface area contributed by atoms with Gasteiger partial charge in [-0.1, -0.05) is 18.2 Å². The Hall–Kier alpha value is -2.89. The zero-order chi connectivity index (χ0) is 13.9. The van der Waals surface area contributed by atoms with Gasteiger partial charge < -0.3 is 0 Å². The van der Waals surface area contributed by atoms with Gasteiger partial charge in [-0.25, -0.2) is 9.48 Å². The molecule has 3 aromatic rings. The van der Waals surface area contributed by atoms with E-state index < -0.39 is 11.2 Å². The van der Waals surface area contributed by atoms with Crippen molar-refractivity contribution >= 4 is 0 Å². The first kappa shape index (κ1) is 12.2. The Kier molecular flexibility index (Phi) is 3.04. The minimum absolute atomic E-state index is 0.315. The Balaban J connectivity index is 1.88. The second-order valence-corrected chi connectivity index (χ2v) is 4.33. The van der Waals surface area contributed by atoms with Crippen LogP contribution < -0.4 is 11.2 Å². The van der Waals surface area contributed by atoms with E-state index in [0.717, 1.165) is 11.4 Å². The highest BCUT2D eigenvalue weighted by atomic mass is 16.2. The number of benzene rings is 1. The molecule has 0 aliphatic rings. The molecule has 0 saturated carbocycles. The van der Waals surface area contributed by atoms with Gasteiger partial charge in [-0.05, 0) is 18.2 Å². The highest BCUT2D eigenvalue weighted by Gasteiger charge is 2.03. The van der Waals surface area contributed by atoms with Crippen molar-refractivity contribution in [3.8, 4) is 5.69 Å². The highest BCUT2D eigenvalue weighted by Crippen LogP contribution is 2.07. The van der Waals surface area contributed by atoms with Crippen molar-refractivity contribution in [2.45, 2.75) is 6.54 Å². The molecule has 0 amide bonds. The van der Waals surface area contributed by atoms with E-state index in [0.29, 0.717) is 6.54 Å². The van der Waals surface area contributed by atoms with E-state index in [-0.39, 0.29) is 0 Å². The second kappa shape index (κ2) is 5.00. The smallest absolute Gasteiger partial charge is 0.295 e. The fourth-order valence-corrected chi connectivity index (χ4v) is 1.91. The molecular weight excluding hydrogens is 256 g/mol. The van der Waals surface area contributed by atoms with Gasteiger partial charge in [0.15, 0.2) is 0 Å². The molecule has 3 rings (SSSR count). The lowest BCUT2D eigenvalue weighted by Gasteiger charge is -2.02. The van der Waals surface area contributed by atoms with Crippen molar-refractivity contribution in [2.75, 3.05) is 0 Å². The monoisotopic (exact) mass is 268 g/mol. The summed E-state index contributed by atoms with van der Waals surface area (Å²) in [5.41, 5.74) is 0.850. The zero-order valence-electron chi connectivity index (χ0n) is 10.6. The highest BCUT2D eigenvalue weighted by molar-refractivity contribution is 5.30. The molecule has 6 heteroatoms. The SMILES string of the molecule is O=c1ccn(Cc2ccn(-c3ccccc3)n2)c(=O)[nH]1. The molecule has 100 valence electrons. The van der Waals surface area contributed by atoms with Crippen LogP contribution in [0.1, 0.15) is 5.69 Å². The average Bonchev–Trinajstić information content (AvgIpc) is 2.92. The fourth-order valence-electron chi connectivity index (χ4n) is 1.91. The van der Waals surface area contributed by atoms with Crippen molar-refractivity contribution in [3.63, 3.8) is 0 Å². The summed E-state index contributed by atoms with van der Waals surface area (Å²) in [7, 11) is 0. The molecule has 1 aromatic carbocycles. The van der Waals surface area contributed by atoms with Crippen molar-refractivity contribution < 1.29 is 0 Å². The second-order valence-electron chi connectivity index (χ2n) is 4.33. The number of nitrogens with one attached hydrogen (secondary N) is 1. The predicted octanol–water partition coefficient (Wildman–Crippen LogP) is 0.771. The van der Waals surface area contributed by atoms with E-state index in [4.69, 9.17) is 0 Å². The molecule has 0 aliphatic heterocycles. The Morgan fingerprint density at radius 2 is 1.80 bits per heavy atom. The molecule has 0 atom stereocenters. The molecule has 0 bridgehead atoms. The lowest BCUT2D eigenvalue weighted by atomic mass is 10.3. The number of nitrogens with zero attached hydrogens (tertiary/aromatic N) is 3. The maximum Gasteiger partial charge on any atom is 0.328 e. The zero-order valence-corrected chi connectivity index (χ0v) is 10.6. The van der Waals surface area contributed by atoms with Crippen molar-refractivity contribution in [2.24, 2.45) is 0 Å². The molecule has 1 N–H and O–H groups in total. The Morgan fingerprint density at radius 3 is 2.55 bits per heavy atom. The lowest BCUT2D eigenvalue weighted by molar-refractivity contribution is 0.692. The van der Waals surface area contributed by atoms with E-state index in [1.807, 2.05) is 42.6 Å². The molecular formula is C14H12N4O2. The van der Waals surface area contributed by atoms with Gasteiger partial charge in [0, 0.05) is 18.5 Å². The number of aromatic amines is 1. The third kappa shape index (κ3) is 2.44. The summed E-state index contributed by atoms with van der Waals surface area (Å²) in [5.74, 6) is 0.